The van der Waals surface area contributed by atoms with E-state index in [1.807, 2.05) is 0 Å². The Balaban J connectivity index is 1.48. The van der Waals surface area contributed by atoms with Crippen LogP contribution >= 0.6 is 0 Å². The number of amides is 1. The second-order valence-electron chi connectivity index (χ2n) is 6.21. The van der Waals surface area contributed by atoms with Crippen LogP contribution in [-0.2, 0) is 11.3 Å². The summed E-state index contributed by atoms with van der Waals surface area (Å²) in [6, 6.07) is 10.6. The highest BCUT2D eigenvalue weighted by Gasteiger charge is 2.35. The molecule has 1 amide bonds. The third-order valence-corrected chi connectivity index (χ3v) is 4.65. The van der Waals surface area contributed by atoms with Crippen molar-refractivity contribution in [3.8, 4) is 0 Å². The third kappa shape index (κ3) is 3.21. The molecule has 1 aromatic rings. The first-order chi connectivity index (χ1) is 9.74. The molecule has 3 nitrogen and oxygen atoms in total. The van der Waals surface area contributed by atoms with Crippen molar-refractivity contribution in [1.82, 2.24) is 9.80 Å². The molecule has 1 aliphatic carbocycles. The Labute approximate surface area is 121 Å². The average molecular weight is 272 g/mol. The Morgan fingerprint density at radius 1 is 1.15 bits per heavy atom. The SMILES string of the molecule is CC(C(=O)N1CCN(Cc2ccccc2)CC1)C1CC1. The van der Waals surface area contributed by atoms with Crippen LogP contribution in [0.2, 0.25) is 0 Å². The van der Waals surface area contributed by atoms with Crippen LogP contribution in [0, 0.1) is 11.8 Å². The van der Waals surface area contributed by atoms with E-state index < -0.39 is 0 Å². The second kappa shape index (κ2) is 5.96. The van der Waals surface area contributed by atoms with E-state index in [1.165, 1.54) is 18.4 Å². The number of carbonyl (C=O) groups is 1. The van der Waals surface area contributed by atoms with Gasteiger partial charge in [-0.2, -0.15) is 0 Å². The van der Waals surface area contributed by atoms with Crippen LogP contribution in [0.15, 0.2) is 30.3 Å². The van der Waals surface area contributed by atoms with Crippen molar-refractivity contribution in [2.45, 2.75) is 26.3 Å². The van der Waals surface area contributed by atoms with E-state index in [1.54, 1.807) is 0 Å². The van der Waals surface area contributed by atoms with Gasteiger partial charge in [0.2, 0.25) is 5.91 Å². The minimum atomic E-state index is 0.246. The van der Waals surface area contributed by atoms with Gasteiger partial charge in [0.15, 0.2) is 0 Å². The zero-order valence-corrected chi connectivity index (χ0v) is 12.3. The van der Waals surface area contributed by atoms with Gasteiger partial charge in [-0.3, -0.25) is 9.69 Å². The lowest BCUT2D eigenvalue weighted by Crippen LogP contribution is -2.49. The molecule has 0 radical (unpaired) electrons. The summed E-state index contributed by atoms with van der Waals surface area (Å²) < 4.78 is 0. The third-order valence-electron chi connectivity index (χ3n) is 4.65. The Kier molecular flexibility index (Phi) is 4.06. The topological polar surface area (TPSA) is 23.6 Å². The molecule has 0 aromatic heterocycles. The molecule has 3 rings (SSSR count). The number of carbonyl (C=O) groups excluding carboxylic acids is 1. The van der Waals surface area contributed by atoms with Gasteiger partial charge < -0.3 is 4.90 Å². The molecule has 2 aliphatic rings. The minimum absolute atomic E-state index is 0.246. The molecule has 0 spiro atoms. The smallest absolute Gasteiger partial charge is 0.225 e. The summed E-state index contributed by atoms with van der Waals surface area (Å²) in [5.74, 6) is 1.30. The maximum Gasteiger partial charge on any atom is 0.225 e. The number of rotatable bonds is 4. The lowest BCUT2D eigenvalue weighted by Gasteiger charge is -2.36. The van der Waals surface area contributed by atoms with Crippen LogP contribution in [-0.4, -0.2) is 41.9 Å². The number of piperazine rings is 1. The molecular formula is C17H24N2O. The fourth-order valence-electron chi connectivity index (χ4n) is 3.05. The number of nitrogens with zero attached hydrogens (tertiary/aromatic N) is 2. The van der Waals surface area contributed by atoms with Gasteiger partial charge in [0.25, 0.3) is 0 Å². The van der Waals surface area contributed by atoms with Crippen molar-refractivity contribution in [3.63, 3.8) is 0 Å². The van der Waals surface area contributed by atoms with Crippen LogP contribution in [0.5, 0.6) is 0 Å². The molecule has 1 aromatic carbocycles. The van der Waals surface area contributed by atoms with Gasteiger partial charge in [-0.25, -0.2) is 0 Å². The first-order valence-electron chi connectivity index (χ1n) is 7.79. The summed E-state index contributed by atoms with van der Waals surface area (Å²) in [6.07, 6.45) is 2.50. The van der Waals surface area contributed by atoms with Gasteiger partial charge in [-0.1, -0.05) is 37.3 Å². The van der Waals surface area contributed by atoms with Gasteiger partial charge in [0.05, 0.1) is 0 Å². The lowest BCUT2D eigenvalue weighted by atomic mass is 10.0. The summed E-state index contributed by atoms with van der Waals surface area (Å²) in [6.45, 7) is 6.89. The zero-order valence-electron chi connectivity index (χ0n) is 12.3. The van der Waals surface area contributed by atoms with E-state index in [0.29, 0.717) is 11.8 Å². The molecule has 0 bridgehead atoms. The highest BCUT2D eigenvalue weighted by molar-refractivity contribution is 5.79. The Morgan fingerprint density at radius 2 is 1.80 bits per heavy atom. The Hall–Kier alpha value is -1.35. The maximum absolute atomic E-state index is 12.4. The predicted octanol–water partition coefficient (Wildman–Crippen LogP) is 2.38. The molecule has 2 fully saturated rings. The van der Waals surface area contributed by atoms with Crippen molar-refractivity contribution in [2.24, 2.45) is 11.8 Å². The lowest BCUT2D eigenvalue weighted by molar-refractivity contribution is -0.137. The van der Waals surface area contributed by atoms with Gasteiger partial charge in [-0.05, 0) is 24.3 Å². The van der Waals surface area contributed by atoms with Crippen molar-refractivity contribution < 1.29 is 4.79 Å². The fourth-order valence-corrected chi connectivity index (χ4v) is 3.05. The largest absolute Gasteiger partial charge is 0.340 e. The van der Waals surface area contributed by atoms with Crippen molar-refractivity contribution in [1.29, 1.82) is 0 Å². The standard InChI is InChI=1S/C17H24N2O/c1-14(16-7-8-16)17(20)19-11-9-18(10-12-19)13-15-5-3-2-4-6-15/h2-6,14,16H,7-13H2,1H3. The quantitative estimate of drug-likeness (QED) is 0.840. The Morgan fingerprint density at radius 3 is 2.40 bits per heavy atom. The van der Waals surface area contributed by atoms with Crippen molar-refractivity contribution in [3.05, 3.63) is 35.9 Å². The number of hydrogen-bond acceptors (Lipinski definition) is 2. The maximum atomic E-state index is 12.4. The molecule has 1 saturated heterocycles. The normalized spacial score (nSPS) is 21.8. The highest BCUT2D eigenvalue weighted by Crippen LogP contribution is 2.37. The first kappa shape index (κ1) is 13.6. The molecular weight excluding hydrogens is 248 g/mol. The molecule has 0 N–H and O–H groups in total. The first-order valence-corrected chi connectivity index (χ1v) is 7.79. The van der Waals surface area contributed by atoms with E-state index >= 15 is 0 Å². The molecule has 20 heavy (non-hydrogen) atoms. The van der Waals surface area contributed by atoms with Gasteiger partial charge in [0.1, 0.15) is 0 Å². The van der Waals surface area contributed by atoms with E-state index in [0.717, 1.165) is 32.7 Å². The average Bonchev–Trinajstić information content (AvgIpc) is 3.32. The summed E-state index contributed by atoms with van der Waals surface area (Å²) in [5.41, 5.74) is 1.36. The second-order valence-corrected chi connectivity index (χ2v) is 6.21. The Bertz CT molecular complexity index is 447. The molecule has 1 unspecified atom stereocenters. The van der Waals surface area contributed by atoms with E-state index in [4.69, 9.17) is 0 Å². The molecule has 1 aliphatic heterocycles. The van der Waals surface area contributed by atoms with E-state index in [9.17, 15) is 4.79 Å². The van der Waals surface area contributed by atoms with Crippen molar-refractivity contribution >= 4 is 5.91 Å². The highest BCUT2D eigenvalue weighted by atomic mass is 16.2. The zero-order chi connectivity index (χ0) is 13.9. The summed E-state index contributed by atoms with van der Waals surface area (Å²) >= 11 is 0. The van der Waals surface area contributed by atoms with Crippen LogP contribution in [0.4, 0.5) is 0 Å². The van der Waals surface area contributed by atoms with E-state index in [2.05, 4.69) is 47.1 Å². The predicted molar refractivity (Wildman–Crippen MR) is 80.2 cm³/mol. The number of hydrogen-bond donors (Lipinski definition) is 0. The summed E-state index contributed by atoms with van der Waals surface area (Å²) in [5, 5.41) is 0. The molecule has 1 heterocycles. The molecule has 3 heteroatoms. The van der Waals surface area contributed by atoms with Crippen LogP contribution in [0.25, 0.3) is 0 Å². The van der Waals surface area contributed by atoms with Crippen LogP contribution in [0.3, 0.4) is 0 Å². The van der Waals surface area contributed by atoms with E-state index in [-0.39, 0.29) is 5.92 Å². The fraction of sp³-hybridized carbons (Fsp3) is 0.588. The van der Waals surface area contributed by atoms with Crippen LogP contribution < -0.4 is 0 Å². The molecule has 108 valence electrons. The monoisotopic (exact) mass is 272 g/mol. The summed E-state index contributed by atoms with van der Waals surface area (Å²) in [4.78, 5) is 16.9. The van der Waals surface area contributed by atoms with Crippen molar-refractivity contribution in [2.75, 3.05) is 26.2 Å². The molecule has 1 saturated carbocycles. The molecule has 1 atom stereocenters. The van der Waals surface area contributed by atoms with Crippen LogP contribution in [0.1, 0.15) is 25.3 Å². The minimum Gasteiger partial charge on any atom is -0.340 e. The number of benzene rings is 1. The summed E-state index contributed by atoms with van der Waals surface area (Å²) in [7, 11) is 0. The van der Waals surface area contributed by atoms with Gasteiger partial charge in [0, 0.05) is 38.6 Å². The van der Waals surface area contributed by atoms with Gasteiger partial charge in [-0.15, -0.1) is 0 Å². The van der Waals surface area contributed by atoms with Gasteiger partial charge >= 0.3 is 0 Å².